The highest BCUT2D eigenvalue weighted by Crippen LogP contribution is 2.20. The highest BCUT2D eigenvalue weighted by Gasteiger charge is 2.13. The van der Waals surface area contributed by atoms with E-state index >= 15 is 0 Å². The van der Waals surface area contributed by atoms with Gasteiger partial charge in [0.05, 0.1) is 30.2 Å². The maximum absolute atomic E-state index is 13.7. The average Bonchev–Trinajstić information content (AvgIpc) is 2.41. The van der Waals surface area contributed by atoms with Crippen molar-refractivity contribution in [3.05, 3.63) is 48.0 Å². The van der Waals surface area contributed by atoms with Gasteiger partial charge in [-0.1, -0.05) is 0 Å². The molecular weight excluding hydrogens is 249 g/mol. The van der Waals surface area contributed by atoms with Crippen LogP contribution in [0.25, 0.3) is 0 Å². The van der Waals surface area contributed by atoms with Crippen LogP contribution in [0.5, 0.6) is 5.75 Å². The SMILES string of the molecule is COc1ccc(C(=O)Nc2ccncc2N)c(F)c1. The number of pyridine rings is 1. The Kier molecular flexibility index (Phi) is 3.61. The molecule has 1 amide bonds. The van der Waals surface area contributed by atoms with Gasteiger partial charge < -0.3 is 15.8 Å². The van der Waals surface area contributed by atoms with Crippen LogP contribution in [-0.4, -0.2) is 18.0 Å². The Labute approximate surface area is 109 Å². The summed E-state index contributed by atoms with van der Waals surface area (Å²) in [7, 11) is 1.42. The number of hydrogen-bond acceptors (Lipinski definition) is 4. The van der Waals surface area contributed by atoms with Crippen LogP contribution in [0.15, 0.2) is 36.7 Å². The van der Waals surface area contributed by atoms with Crippen LogP contribution < -0.4 is 15.8 Å². The molecule has 0 spiro atoms. The van der Waals surface area contributed by atoms with E-state index in [-0.39, 0.29) is 5.56 Å². The van der Waals surface area contributed by atoms with Gasteiger partial charge in [0.25, 0.3) is 5.91 Å². The molecule has 0 aliphatic rings. The summed E-state index contributed by atoms with van der Waals surface area (Å²) < 4.78 is 18.6. The van der Waals surface area contributed by atoms with E-state index < -0.39 is 11.7 Å². The van der Waals surface area contributed by atoms with Gasteiger partial charge in [-0.2, -0.15) is 0 Å². The van der Waals surface area contributed by atoms with Gasteiger partial charge in [0.15, 0.2) is 0 Å². The molecule has 19 heavy (non-hydrogen) atoms. The number of rotatable bonds is 3. The molecule has 0 unspecified atom stereocenters. The van der Waals surface area contributed by atoms with Crippen molar-refractivity contribution in [2.45, 2.75) is 0 Å². The lowest BCUT2D eigenvalue weighted by Crippen LogP contribution is -2.15. The number of ether oxygens (including phenoxy) is 1. The van der Waals surface area contributed by atoms with Gasteiger partial charge in [-0.05, 0) is 18.2 Å². The molecule has 3 N–H and O–H groups in total. The van der Waals surface area contributed by atoms with E-state index in [2.05, 4.69) is 10.3 Å². The third kappa shape index (κ3) is 2.79. The molecule has 0 radical (unpaired) electrons. The molecule has 2 rings (SSSR count). The maximum atomic E-state index is 13.7. The summed E-state index contributed by atoms with van der Waals surface area (Å²) in [5, 5.41) is 2.52. The quantitative estimate of drug-likeness (QED) is 0.886. The third-order valence-corrected chi connectivity index (χ3v) is 2.52. The number of nitrogens with two attached hydrogens (primary N) is 1. The van der Waals surface area contributed by atoms with Gasteiger partial charge in [-0.3, -0.25) is 9.78 Å². The number of halogens is 1. The first-order valence-corrected chi connectivity index (χ1v) is 5.46. The molecule has 0 bridgehead atoms. The largest absolute Gasteiger partial charge is 0.497 e. The van der Waals surface area contributed by atoms with Gasteiger partial charge in [-0.25, -0.2) is 4.39 Å². The number of nitrogens with zero attached hydrogens (tertiary/aromatic N) is 1. The summed E-state index contributed by atoms with van der Waals surface area (Å²) in [6.07, 6.45) is 2.89. The highest BCUT2D eigenvalue weighted by molar-refractivity contribution is 6.05. The second-order valence-corrected chi connectivity index (χ2v) is 3.76. The van der Waals surface area contributed by atoms with Crippen LogP contribution in [0.4, 0.5) is 15.8 Å². The van der Waals surface area contributed by atoms with Crippen molar-refractivity contribution in [1.29, 1.82) is 0 Å². The summed E-state index contributed by atoms with van der Waals surface area (Å²) in [5.74, 6) is -0.903. The fourth-order valence-electron chi connectivity index (χ4n) is 1.52. The average molecular weight is 261 g/mol. The Hall–Kier alpha value is -2.63. The molecule has 1 aromatic carbocycles. The molecular formula is C13H12FN3O2. The number of methoxy groups -OCH3 is 1. The van der Waals surface area contributed by atoms with Gasteiger partial charge in [0.2, 0.25) is 0 Å². The minimum absolute atomic E-state index is 0.0861. The fourth-order valence-corrected chi connectivity index (χ4v) is 1.52. The van der Waals surface area contributed by atoms with Crippen molar-refractivity contribution in [3.63, 3.8) is 0 Å². The number of hydrogen-bond donors (Lipinski definition) is 2. The van der Waals surface area contributed by atoms with Crippen molar-refractivity contribution in [3.8, 4) is 5.75 Å². The fraction of sp³-hybridized carbons (Fsp3) is 0.0769. The first-order chi connectivity index (χ1) is 9.11. The number of benzene rings is 1. The smallest absolute Gasteiger partial charge is 0.258 e. The molecule has 98 valence electrons. The lowest BCUT2D eigenvalue weighted by Gasteiger charge is -2.08. The summed E-state index contributed by atoms with van der Waals surface area (Å²) >= 11 is 0. The van der Waals surface area contributed by atoms with Gasteiger partial charge in [-0.15, -0.1) is 0 Å². The van der Waals surface area contributed by atoms with Crippen LogP contribution in [0.1, 0.15) is 10.4 Å². The van der Waals surface area contributed by atoms with Gasteiger partial charge in [0.1, 0.15) is 11.6 Å². The van der Waals surface area contributed by atoms with Gasteiger partial charge in [0, 0.05) is 12.3 Å². The van der Waals surface area contributed by atoms with E-state index in [0.29, 0.717) is 17.1 Å². The summed E-state index contributed by atoms with van der Waals surface area (Å²) in [6.45, 7) is 0. The Bertz CT molecular complexity index is 617. The standard InChI is InChI=1S/C13H12FN3O2/c1-19-8-2-3-9(10(14)6-8)13(18)17-12-4-5-16-7-11(12)15/h2-7H,15H2,1H3,(H,16,17,18). The Balaban J connectivity index is 2.23. The zero-order valence-corrected chi connectivity index (χ0v) is 10.2. The first-order valence-electron chi connectivity index (χ1n) is 5.46. The zero-order valence-electron chi connectivity index (χ0n) is 10.2. The second kappa shape index (κ2) is 5.34. The number of nitrogen functional groups attached to an aromatic ring is 1. The molecule has 5 nitrogen and oxygen atoms in total. The summed E-state index contributed by atoms with van der Waals surface area (Å²) in [4.78, 5) is 15.7. The Morgan fingerprint density at radius 2 is 2.21 bits per heavy atom. The van der Waals surface area contributed by atoms with E-state index in [1.807, 2.05) is 0 Å². The molecule has 0 saturated heterocycles. The van der Waals surface area contributed by atoms with E-state index in [1.165, 1.54) is 37.7 Å². The van der Waals surface area contributed by atoms with Crippen molar-refractivity contribution in [2.75, 3.05) is 18.2 Å². The van der Waals surface area contributed by atoms with Crippen LogP contribution in [0.3, 0.4) is 0 Å². The number of nitrogens with one attached hydrogen (secondary N) is 1. The number of carbonyl (C=O) groups is 1. The molecule has 1 aromatic heterocycles. The van der Waals surface area contributed by atoms with E-state index in [0.717, 1.165) is 6.07 Å². The van der Waals surface area contributed by atoms with Gasteiger partial charge >= 0.3 is 0 Å². The van der Waals surface area contributed by atoms with E-state index in [9.17, 15) is 9.18 Å². The van der Waals surface area contributed by atoms with E-state index in [1.54, 1.807) is 0 Å². The highest BCUT2D eigenvalue weighted by atomic mass is 19.1. The topological polar surface area (TPSA) is 77.2 Å². The van der Waals surface area contributed by atoms with Crippen LogP contribution >= 0.6 is 0 Å². The maximum Gasteiger partial charge on any atom is 0.258 e. The molecule has 0 aliphatic heterocycles. The lowest BCUT2D eigenvalue weighted by atomic mass is 10.2. The number of amides is 1. The monoisotopic (exact) mass is 261 g/mol. The minimum atomic E-state index is -0.663. The minimum Gasteiger partial charge on any atom is -0.497 e. The molecule has 6 heteroatoms. The zero-order chi connectivity index (χ0) is 13.8. The molecule has 2 aromatic rings. The summed E-state index contributed by atoms with van der Waals surface area (Å²) in [6, 6.07) is 5.54. The molecule has 0 fully saturated rings. The van der Waals surface area contributed by atoms with Crippen molar-refractivity contribution < 1.29 is 13.9 Å². The van der Waals surface area contributed by atoms with Crippen molar-refractivity contribution in [2.24, 2.45) is 0 Å². The summed E-state index contributed by atoms with van der Waals surface area (Å²) in [5.41, 5.74) is 6.25. The Morgan fingerprint density at radius 1 is 1.42 bits per heavy atom. The number of anilines is 2. The van der Waals surface area contributed by atoms with Crippen molar-refractivity contribution >= 4 is 17.3 Å². The number of carbonyl (C=O) groups excluding carboxylic acids is 1. The number of aromatic nitrogens is 1. The lowest BCUT2D eigenvalue weighted by molar-refractivity contribution is 0.102. The van der Waals surface area contributed by atoms with E-state index in [4.69, 9.17) is 10.5 Å². The van der Waals surface area contributed by atoms with Crippen molar-refractivity contribution in [1.82, 2.24) is 4.98 Å². The predicted molar refractivity (Wildman–Crippen MR) is 69.6 cm³/mol. The molecule has 0 saturated carbocycles. The Morgan fingerprint density at radius 3 is 2.84 bits per heavy atom. The van der Waals surface area contributed by atoms with Crippen LogP contribution in [0, 0.1) is 5.82 Å². The molecule has 1 heterocycles. The van der Waals surface area contributed by atoms with Crippen LogP contribution in [0.2, 0.25) is 0 Å². The predicted octanol–water partition coefficient (Wildman–Crippen LogP) is 2.06. The molecule has 0 aliphatic carbocycles. The van der Waals surface area contributed by atoms with Crippen LogP contribution in [-0.2, 0) is 0 Å². The normalized spacial score (nSPS) is 10.0. The third-order valence-electron chi connectivity index (χ3n) is 2.52. The molecule has 0 atom stereocenters. The first kappa shape index (κ1) is 12.8. The second-order valence-electron chi connectivity index (χ2n) is 3.76.